The molecule has 1 aliphatic carbocycles. The van der Waals surface area contributed by atoms with E-state index < -0.39 is 28.5 Å². The molecule has 0 spiro atoms. The highest BCUT2D eigenvalue weighted by atomic mass is 32.2. The van der Waals surface area contributed by atoms with E-state index in [4.69, 9.17) is 4.74 Å². The Kier molecular flexibility index (Phi) is 9.97. The van der Waals surface area contributed by atoms with Gasteiger partial charge in [0.25, 0.3) is 0 Å². The van der Waals surface area contributed by atoms with Crippen molar-refractivity contribution in [1.29, 1.82) is 0 Å². The first-order chi connectivity index (χ1) is 17.6. The van der Waals surface area contributed by atoms with Gasteiger partial charge in [-0.1, -0.05) is 56.0 Å². The molecule has 2 aromatic carbocycles. The van der Waals surface area contributed by atoms with Crippen LogP contribution < -0.4 is 14.4 Å². The molecule has 3 rings (SSSR count). The summed E-state index contributed by atoms with van der Waals surface area (Å²) in [6.07, 6.45) is 6.69. The zero-order valence-electron chi connectivity index (χ0n) is 22.3. The van der Waals surface area contributed by atoms with Crippen LogP contribution in [0.2, 0.25) is 0 Å². The molecule has 0 saturated heterocycles. The number of ether oxygens (including phenoxy) is 1. The van der Waals surface area contributed by atoms with Gasteiger partial charge >= 0.3 is 0 Å². The van der Waals surface area contributed by atoms with Gasteiger partial charge in [-0.05, 0) is 56.0 Å². The summed E-state index contributed by atoms with van der Waals surface area (Å²) in [6, 6.07) is 13.7. The van der Waals surface area contributed by atoms with E-state index in [9.17, 15) is 18.0 Å². The monoisotopic (exact) mass is 529 g/mol. The predicted molar refractivity (Wildman–Crippen MR) is 146 cm³/mol. The largest absolute Gasteiger partial charge is 0.497 e. The molecule has 8 nitrogen and oxygen atoms in total. The second-order valence-electron chi connectivity index (χ2n) is 9.74. The molecule has 9 heteroatoms. The molecule has 0 heterocycles. The number of sulfonamides is 1. The van der Waals surface area contributed by atoms with Crippen molar-refractivity contribution in [3.63, 3.8) is 0 Å². The highest BCUT2D eigenvalue weighted by Gasteiger charge is 2.32. The van der Waals surface area contributed by atoms with Gasteiger partial charge in [-0.3, -0.25) is 13.9 Å². The maximum absolute atomic E-state index is 13.8. The normalized spacial score (nSPS) is 15.0. The molecule has 0 aromatic heterocycles. The van der Waals surface area contributed by atoms with Gasteiger partial charge in [-0.15, -0.1) is 0 Å². The topological polar surface area (TPSA) is 96.0 Å². The van der Waals surface area contributed by atoms with Crippen LogP contribution in [0.3, 0.4) is 0 Å². The van der Waals surface area contributed by atoms with E-state index in [-0.39, 0.29) is 18.5 Å². The van der Waals surface area contributed by atoms with Crippen LogP contribution in [0.15, 0.2) is 48.5 Å². The number of hydrogen-bond donors (Lipinski definition) is 1. The lowest BCUT2D eigenvalue weighted by Gasteiger charge is -2.34. The number of carbonyl (C=O) groups is 2. The molecule has 1 saturated carbocycles. The van der Waals surface area contributed by atoms with E-state index in [1.807, 2.05) is 26.0 Å². The average Bonchev–Trinajstić information content (AvgIpc) is 2.88. The smallest absolute Gasteiger partial charge is 0.244 e. The first-order valence-corrected chi connectivity index (χ1v) is 14.7. The van der Waals surface area contributed by atoms with Gasteiger partial charge in [-0.2, -0.15) is 0 Å². The van der Waals surface area contributed by atoms with Crippen molar-refractivity contribution in [2.24, 2.45) is 0 Å². The van der Waals surface area contributed by atoms with Crippen molar-refractivity contribution in [3.05, 3.63) is 59.7 Å². The van der Waals surface area contributed by atoms with E-state index >= 15 is 0 Å². The minimum Gasteiger partial charge on any atom is -0.497 e. The summed E-state index contributed by atoms with van der Waals surface area (Å²) in [7, 11) is -2.17. The Morgan fingerprint density at radius 2 is 1.65 bits per heavy atom. The number of carbonyl (C=O) groups excluding carboxylic acids is 2. The molecule has 1 N–H and O–H groups in total. The number of anilines is 1. The molecule has 2 amide bonds. The van der Waals surface area contributed by atoms with Crippen LogP contribution in [0.1, 0.15) is 56.6 Å². The third-order valence-corrected chi connectivity index (χ3v) is 7.99. The number of aryl methyl sites for hydroxylation is 1. The van der Waals surface area contributed by atoms with Crippen molar-refractivity contribution in [2.75, 3.05) is 24.2 Å². The van der Waals surface area contributed by atoms with Crippen molar-refractivity contribution in [2.45, 2.75) is 71.0 Å². The van der Waals surface area contributed by atoms with Crippen LogP contribution in [-0.2, 0) is 26.2 Å². The molecule has 37 heavy (non-hydrogen) atoms. The molecule has 202 valence electrons. The van der Waals surface area contributed by atoms with E-state index in [2.05, 4.69) is 5.32 Å². The lowest BCUT2D eigenvalue weighted by molar-refractivity contribution is -0.140. The predicted octanol–water partition coefficient (Wildman–Crippen LogP) is 4.03. The van der Waals surface area contributed by atoms with Gasteiger partial charge in [0, 0.05) is 12.6 Å². The Bertz CT molecular complexity index is 1140. The summed E-state index contributed by atoms with van der Waals surface area (Å²) < 4.78 is 31.7. The quantitative estimate of drug-likeness (QED) is 0.474. The Balaban J connectivity index is 1.90. The highest BCUT2D eigenvalue weighted by Crippen LogP contribution is 2.22. The molecule has 1 aliphatic rings. The fourth-order valence-corrected chi connectivity index (χ4v) is 5.57. The molecule has 1 fully saturated rings. The van der Waals surface area contributed by atoms with E-state index in [1.165, 1.54) is 11.3 Å². The first kappa shape index (κ1) is 28.5. The summed E-state index contributed by atoms with van der Waals surface area (Å²) >= 11 is 0. The molecule has 0 radical (unpaired) electrons. The second kappa shape index (κ2) is 12.9. The average molecular weight is 530 g/mol. The Morgan fingerprint density at radius 1 is 1.03 bits per heavy atom. The van der Waals surface area contributed by atoms with Crippen molar-refractivity contribution in [1.82, 2.24) is 10.2 Å². The number of hydrogen-bond acceptors (Lipinski definition) is 5. The summed E-state index contributed by atoms with van der Waals surface area (Å²) in [4.78, 5) is 28.7. The van der Waals surface area contributed by atoms with Gasteiger partial charge in [0.1, 0.15) is 18.3 Å². The van der Waals surface area contributed by atoms with Gasteiger partial charge in [0.2, 0.25) is 21.8 Å². The van der Waals surface area contributed by atoms with Gasteiger partial charge in [-0.25, -0.2) is 8.42 Å². The third-order valence-electron chi connectivity index (χ3n) is 6.85. The summed E-state index contributed by atoms with van der Waals surface area (Å²) in [5.41, 5.74) is 2.21. The molecule has 0 aliphatic heterocycles. The van der Waals surface area contributed by atoms with Crippen LogP contribution in [0.25, 0.3) is 0 Å². The number of benzene rings is 2. The molecule has 2 aromatic rings. The lowest BCUT2D eigenvalue weighted by Crippen LogP contribution is -2.53. The molecule has 1 unspecified atom stereocenters. The fourth-order valence-electron chi connectivity index (χ4n) is 4.72. The Labute approximate surface area is 221 Å². The fraction of sp³-hybridized carbons (Fsp3) is 0.500. The van der Waals surface area contributed by atoms with E-state index in [1.54, 1.807) is 43.5 Å². The number of nitrogens with one attached hydrogen (secondary N) is 1. The van der Waals surface area contributed by atoms with Crippen LogP contribution in [0.4, 0.5) is 5.69 Å². The van der Waals surface area contributed by atoms with E-state index in [0.717, 1.165) is 47.4 Å². The van der Waals surface area contributed by atoms with Crippen LogP contribution in [0, 0.1) is 6.92 Å². The van der Waals surface area contributed by atoms with Crippen LogP contribution >= 0.6 is 0 Å². The Hall–Kier alpha value is -3.07. The van der Waals surface area contributed by atoms with Crippen LogP contribution in [0.5, 0.6) is 5.75 Å². The van der Waals surface area contributed by atoms with Crippen molar-refractivity contribution >= 4 is 27.5 Å². The number of methoxy groups -OCH3 is 1. The third kappa shape index (κ3) is 7.95. The van der Waals surface area contributed by atoms with Gasteiger partial charge < -0.3 is 15.0 Å². The number of rotatable bonds is 11. The standard InChI is InChI=1S/C28H39N3O5S/c1-5-26(28(33)29-23-9-7-6-8-10-23)30(19-22-13-17-25(36-3)18-14-22)27(32)20-31(37(4,34)35)24-15-11-21(2)12-16-24/h11-18,23,26H,5-10,19-20H2,1-4H3,(H,29,33). The molecular weight excluding hydrogens is 490 g/mol. The van der Waals surface area contributed by atoms with E-state index in [0.29, 0.717) is 17.9 Å². The zero-order valence-corrected chi connectivity index (χ0v) is 23.1. The first-order valence-electron chi connectivity index (χ1n) is 12.9. The maximum Gasteiger partial charge on any atom is 0.244 e. The minimum atomic E-state index is -3.75. The van der Waals surface area contributed by atoms with Crippen molar-refractivity contribution in [3.8, 4) is 5.75 Å². The summed E-state index contributed by atoms with van der Waals surface area (Å²) in [5, 5.41) is 3.15. The molecule has 1 atom stereocenters. The van der Waals surface area contributed by atoms with Crippen LogP contribution in [-0.4, -0.2) is 57.1 Å². The zero-order chi connectivity index (χ0) is 27.0. The van der Waals surface area contributed by atoms with Gasteiger partial charge in [0.05, 0.1) is 19.1 Å². The lowest BCUT2D eigenvalue weighted by atomic mass is 9.95. The van der Waals surface area contributed by atoms with Gasteiger partial charge in [0.15, 0.2) is 0 Å². The SMILES string of the molecule is CCC(C(=O)NC1CCCCC1)N(Cc1ccc(OC)cc1)C(=O)CN(c1ccc(C)cc1)S(C)(=O)=O. The summed E-state index contributed by atoms with van der Waals surface area (Å²) in [6.45, 7) is 3.55. The molecular formula is C28H39N3O5S. The highest BCUT2D eigenvalue weighted by molar-refractivity contribution is 7.92. The number of amides is 2. The molecule has 0 bridgehead atoms. The number of nitrogens with zero attached hydrogens (tertiary/aromatic N) is 2. The maximum atomic E-state index is 13.8. The van der Waals surface area contributed by atoms with Crippen molar-refractivity contribution < 1.29 is 22.7 Å². The summed E-state index contributed by atoms with van der Waals surface area (Å²) in [5.74, 6) is 0.0521. The second-order valence-corrected chi connectivity index (χ2v) is 11.6. The Morgan fingerprint density at radius 3 is 2.19 bits per heavy atom. The minimum absolute atomic E-state index is 0.105.